The number of alkyl halides is 3. The number of rotatable bonds is 4. The molecule has 0 radical (unpaired) electrons. The lowest BCUT2D eigenvalue weighted by Crippen LogP contribution is -2.46. The second-order valence-corrected chi connectivity index (χ2v) is 4.78. The minimum absolute atomic E-state index is 0.120. The molecule has 1 atom stereocenters. The summed E-state index contributed by atoms with van der Waals surface area (Å²) in [6.45, 7) is 0. The Labute approximate surface area is 118 Å². The van der Waals surface area contributed by atoms with Crippen LogP contribution in [-0.2, 0) is 19.1 Å². The van der Waals surface area contributed by atoms with Crippen LogP contribution in [0.1, 0.15) is 11.7 Å². The summed E-state index contributed by atoms with van der Waals surface area (Å²) in [7, 11) is 4.59. The molecule has 7 nitrogen and oxygen atoms in total. The molecule has 0 spiro atoms. The fourth-order valence-corrected chi connectivity index (χ4v) is 1.79. The van der Waals surface area contributed by atoms with E-state index in [1.165, 1.54) is 24.3 Å². The quantitative estimate of drug-likeness (QED) is 0.902. The Morgan fingerprint density at radius 3 is 2.48 bits per heavy atom. The zero-order chi connectivity index (χ0) is 15.8. The van der Waals surface area contributed by atoms with Crippen LogP contribution in [0.15, 0.2) is 16.9 Å². The van der Waals surface area contributed by atoms with Gasteiger partial charge in [-0.15, -0.1) is 0 Å². The normalized spacial score (nSPS) is 15.0. The molecule has 0 amide bonds. The number of aryl methyl sites for hydroxylation is 1. The van der Waals surface area contributed by atoms with Gasteiger partial charge in [-0.3, -0.25) is 0 Å². The van der Waals surface area contributed by atoms with Gasteiger partial charge in [0.2, 0.25) is 11.5 Å². The molecule has 0 aliphatic rings. The Kier molecular flexibility index (Phi) is 3.66. The van der Waals surface area contributed by atoms with Crippen LogP contribution in [0.5, 0.6) is 0 Å². The number of nitrogens with zero attached hydrogens (tertiary/aromatic N) is 5. The highest BCUT2D eigenvalue weighted by atomic mass is 19.4. The number of hydrogen-bond acceptors (Lipinski definition) is 6. The summed E-state index contributed by atoms with van der Waals surface area (Å²) in [5, 5.41) is 13.7. The number of hydrogen-bond donors (Lipinski definition) is 1. The van der Waals surface area contributed by atoms with Crippen molar-refractivity contribution in [1.29, 1.82) is 0 Å². The third-order valence-electron chi connectivity index (χ3n) is 2.92. The minimum Gasteiger partial charge on any atom is -0.374 e. The van der Waals surface area contributed by atoms with Gasteiger partial charge in [0.15, 0.2) is 5.82 Å². The Morgan fingerprint density at radius 1 is 1.38 bits per heavy atom. The molecule has 2 aromatic heterocycles. The molecule has 0 bridgehead atoms. The molecule has 0 aliphatic carbocycles. The molecule has 2 rings (SSSR count). The van der Waals surface area contributed by atoms with Crippen LogP contribution in [0.25, 0.3) is 0 Å². The van der Waals surface area contributed by atoms with E-state index in [-0.39, 0.29) is 11.8 Å². The van der Waals surface area contributed by atoms with E-state index in [1.807, 2.05) is 0 Å². The molecule has 0 saturated carbocycles. The Balaban J connectivity index is 2.40. The maximum atomic E-state index is 13.3. The molecule has 2 heterocycles. The van der Waals surface area contributed by atoms with Crippen molar-refractivity contribution < 1.29 is 22.8 Å². The largest absolute Gasteiger partial charge is 0.425 e. The highest BCUT2D eigenvalue weighted by Gasteiger charge is 2.58. The van der Waals surface area contributed by atoms with Crippen molar-refractivity contribution >= 4 is 5.95 Å². The lowest BCUT2D eigenvalue weighted by atomic mass is 9.97. The summed E-state index contributed by atoms with van der Waals surface area (Å²) in [5.41, 5.74) is -3.21. The van der Waals surface area contributed by atoms with Crippen molar-refractivity contribution in [2.75, 3.05) is 19.0 Å². The van der Waals surface area contributed by atoms with Crippen molar-refractivity contribution in [3.63, 3.8) is 0 Å². The highest BCUT2D eigenvalue weighted by Crippen LogP contribution is 2.40. The summed E-state index contributed by atoms with van der Waals surface area (Å²) in [6.07, 6.45) is -3.38. The smallest absolute Gasteiger partial charge is 0.374 e. The summed E-state index contributed by atoms with van der Waals surface area (Å²) in [4.78, 5) is 8.86. The van der Waals surface area contributed by atoms with Crippen LogP contribution >= 0.6 is 0 Å². The van der Waals surface area contributed by atoms with E-state index in [0.717, 1.165) is 4.57 Å². The molecule has 116 valence electrons. The Hall–Kier alpha value is -2.10. The van der Waals surface area contributed by atoms with E-state index < -0.39 is 24.0 Å². The number of aliphatic hydroxyl groups is 1. The number of anilines is 1. The van der Waals surface area contributed by atoms with Crippen LogP contribution in [0, 0.1) is 0 Å². The molecule has 1 unspecified atom stereocenters. The second-order valence-electron chi connectivity index (χ2n) is 4.78. The fraction of sp³-hybridized carbons (Fsp3) is 0.545. The molecular formula is C11H14F3N5O2. The average molecular weight is 305 g/mol. The van der Waals surface area contributed by atoms with Crippen LogP contribution in [-0.4, -0.2) is 45.1 Å². The summed E-state index contributed by atoms with van der Waals surface area (Å²) in [6, 6.07) is 0. The predicted molar refractivity (Wildman–Crippen MR) is 65.5 cm³/mol. The van der Waals surface area contributed by atoms with Gasteiger partial charge in [-0.25, -0.2) is 4.98 Å². The average Bonchev–Trinajstić information content (AvgIpc) is 2.96. The second kappa shape index (κ2) is 5.02. The standard InChI is InChI=1S/C11H14F3N5O2/c1-18(2)9-16-7(21-17-9)6-10(20,11(12,13)14)8-15-4-5-19(8)3/h4-5,20H,6H2,1-3H3. The van der Waals surface area contributed by atoms with E-state index in [0.29, 0.717) is 0 Å². The summed E-state index contributed by atoms with van der Waals surface area (Å²) >= 11 is 0. The van der Waals surface area contributed by atoms with E-state index in [4.69, 9.17) is 4.52 Å². The van der Waals surface area contributed by atoms with Gasteiger partial charge in [0.25, 0.3) is 5.95 Å². The van der Waals surface area contributed by atoms with Gasteiger partial charge in [-0.1, -0.05) is 0 Å². The van der Waals surface area contributed by atoms with Crippen molar-refractivity contribution in [1.82, 2.24) is 19.7 Å². The minimum atomic E-state index is -4.95. The first-order chi connectivity index (χ1) is 9.65. The number of imidazole rings is 1. The zero-order valence-corrected chi connectivity index (χ0v) is 11.6. The SMILES string of the molecule is CN(C)c1noc(CC(O)(c2nccn2C)C(F)(F)F)n1. The molecule has 21 heavy (non-hydrogen) atoms. The highest BCUT2D eigenvalue weighted by molar-refractivity contribution is 5.24. The summed E-state index contributed by atoms with van der Waals surface area (Å²) in [5.74, 6) is -0.754. The third-order valence-corrected chi connectivity index (χ3v) is 2.92. The first kappa shape index (κ1) is 15.3. The van der Waals surface area contributed by atoms with Crippen molar-refractivity contribution in [3.05, 3.63) is 24.1 Å². The Bertz CT molecular complexity index is 621. The molecule has 1 N–H and O–H groups in total. The number of aromatic nitrogens is 4. The molecule has 2 aromatic rings. The molecular weight excluding hydrogens is 291 g/mol. The van der Waals surface area contributed by atoms with Gasteiger partial charge < -0.3 is 19.1 Å². The summed E-state index contributed by atoms with van der Waals surface area (Å²) < 4.78 is 45.7. The lowest BCUT2D eigenvalue weighted by Gasteiger charge is -2.28. The van der Waals surface area contributed by atoms with E-state index in [2.05, 4.69) is 15.1 Å². The molecule has 0 fully saturated rings. The first-order valence-electron chi connectivity index (χ1n) is 5.92. The van der Waals surface area contributed by atoms with Gasteiger partial charge in [0, 0.05) is 33.5 Å². The molecule has 10 heteroatoms. The first-order valence-corrected chi connectivity index (χ1v) is 5.92. The van der Waals surface area contributed by atoms with Crippen molar-refractivity contribution in [2.45, 2.75) is 18.2 Å². The predicted octanol–water partition coefficient (Wildman–Crippen LogP) is 0.862. The number of halogens is 3. The maximum Gasteiger partial charge on any atom is 0.425 e. The Morgan fingerprint density at radius 2 is 2.05 bits per heavy atom. The van der Waals surface area contributed by atoms with Gasteiger partial charge in [0.05, 0.1) is 6.42 Å². The molecule has 0 aromatic carbocycles. The third kappa shape index (κ3) is 2.71. The van der Waals surface area contributed by atoms with Gasteiger partial charge >= 0.3 is 6.18 Å². The maximum absolute atomic E-state index is 13.3. The monoisotopic (exact) mass is 305 g/mol. The van der Waals surface area contributed by atoms with Gasteiger partial charge in [0.1, 0.15) is 0 Å². The fourth-order valence-electron chi connectivity index (χ4n) is 1.79. The lowest BCUT2D eigenvalue weighted by molar-refractivity contribution is -0.271. The van der Waals surface area contributed by atoms with Crippen LogP contribution in [0.4, 0.5) is 19.1 Å². The van der Waals surface area contributed by atoms with Crippen LogP contribution in [0.2, 0.25) is 0 Å². The van der Waals surface area contributed by atoms with Crippen molar-refractivity contribution in [2.24, 2.45) is 7.05 Å². The van der Waals surface area contributed by atoms with Gasteiger partial charge in [-0.2, -0.15) is 18.2 Å². The van der Waals surface area contributed by atoms with E-state index >= 15 is 0 Å². The van der Waals surface area contributed by atoms with Gasteiger partial charge in [-0.05, 0) is 5.16 Å². The zero-order valence-electron chi connectivity index (χ0n) is 11.6. The van der Waals surface area contributed by atoms with E-state index in [1.54, 1.807) is 14.1 Å². The molecule has 0 saturated heterocycles. The van der Waals surface area contributed by atoms with E-state index in [9.17, 15) is 18.3 Å². The topological polar surface area (TPSA) is 80.2 Å². The molecule has 0 aliphatic heterocycles. The van der Waals surface area contributed by atoms with Crippen LogP contribution in [0.3, 0.4) is 0 Å². The van der Waals surface area contributed by atoms with Crippen LogP contribution < -0.4 is 4.90 Å². The van der Waals surface area contributed by atoms with Crippen molar-refractivity contribution in [3.8, 4) is 0 Å².